The molecule has 624 valence electrons. The van der Waals surface area contributed by atoms with Crippen molar-refractivity contribution in [2.24, 2.45) is 40.9 Å². The Bertz CT molecular complexity index is 3380. The molecular weight excluding hydrogens is 1450 g/mol. The van der Waals surface area contributed by atoms with E-state index in [2.05, 4.69) is 21.9 Å². The zero-order chi connectivity index (χ0) is 82.5. The van der Waals surface area contributed by atoms with Crippen LogP contribution in [0.4, 0.5) is 26.3 Å². The predicted octanol–water partition coefficient (Wildman–Crippen LogP) is 6.47. The first kappa shape index (κ1) is 90.6. The van der Waals surface area contributed by atoms with Crippen molar-refractivity contribution in [3.05, 3.63) is 12.2 Å². The standard InChI is InChI=1S/C79H122F6N12O14/c1-16-25-56-67(101)87-65(48(5)18-3)73(107)95(37-17-2)45-64(100)92(12)57-28-21-20-24-38-96(72(57)106)60(39-49-29-33-52(34-30-49)78(80,81)82)71(105)90(10)44-62(98)86-55(36-32-50-31-35-54(79(83,84)85)61(40-50)110-15)69(103)97-43-53(111-19-4)41-58(97)68(102)88-77(46-76(6,7)47-77)75(109)94(14)66(51-26-22-23-27-51)74(108)93(13)59(70(104)89(8)9)42-63(99)91(56)11/h2,20-21,48-61,65-66H,16,18-19,22-47H2,1,3-15H3,(H,86,98)(H,87,101)(H,88,102)/b21-20-/t48-,49?,50?,52?,53+,54?,55-,56-,57-,58-,59-,60-,61?,65-,66-/m0/s1. The highest BCUT2D eigenvalue weighted by molar-refractivity contribution is 6.01. The molecule has 4 aliphatic carbocycles. The summed E-state index contributed by atoms with van der Waals surface area (Å²) in [6.07, 6.45) is -0.353. The Morgan fingerprint density at radius 3 is 1.92 bits per heavy atom. The first-order valence-corrected chi connectivity index (χ1v) is 39.8. The number of likely N-dealkylation sites (N-methyl/N-ethyl adjacent to an activating group) is 6. The van der Waals surface area contributed by atoms with Crippen LogP contribution in [0.5, 0.6) is 0 Å². The summed E-state index contributed by atoms with van der Waals surface area (Å²) in [6, 6.07) is -11.1. The second-order valence-electron chi connectivity index (χ2n) is 33.3. The van der Waals surface area contributed by atoms with Crippen molar-refractivity contribution in [3.63, 3.8) is 0 Å². The summed E-state index contributed by atoms with van der Waals surface area (Å²) in [6.45, 7) is 8.54. The third-order valence-electron chi connectivity index (χ3n) is 24.6. The van der Waals surface area contributed by atoms with Crippen LogP contribution in [0.15, 0.2) is 12.2 Å². The Morgan fingerprint density at radius 1 is 0.694 bits per heavy atom. The summed E-state index contributed by atoms with van der Waals surface area (Å²) < 4.78 is 97.2. The van der Waals surface area contributed by atoms with Gasteiger partial charge in [0.2, 0.25) is 70.9 Å². The number of rotatable bonds is 15. The molecule has 13 atom stereocenters. The molecule has 2 saturated heterocycles. The van der Waals surface area contributed by atoms with Crippen LogP contribution in [0.2, 0.25) is 0 Å². The molecule has 32 heteroatoms. The highest BCUT2D eigenvalue weighted by Crippen LogP contribution is 2.50. The van der Waals surface area contributed by atoms with Gasteiger partial charge in [-0.05, 0) is 145 Å². The van der Waals surface area contributed by atoms with E-state index in [1.54, 1.807) is 39.8 Å². The molecule has 12 amide bonds. The van der Waals surface area contributed by atoms with Crippen LogP contribution in [0, 0.1) is 53.3 Å². The summed E-state index contributed by atoms with van der Waals surface area (Å²) in [5, 5.41) is 8.68. The van der Waals surface area contributed by atoms with Gasteiger partial charge in [0.1, 0.15) is 60.4 Å². The fourth-order valence-corrected chi connectivity index (χ4v) is 18.2. The van der Waals surface area contributed by atoms with Gasteiger partial charge in [-0.15, -0.1) is 6.42 Å². The van der Waals surface area contributed by atoms with Gasteiger partial charge in [0.05, 0.1) is 43.6 Å². The van der Waals surface area contributed by atoms with Crippen molar-refractivity contribution in [1.29, 1.82) is 0 Å². The average Bonchev–Trinajstić information content (AvgIpc) is 1.56. The zero-order valence-electron chi connectivity index (χ0n) is 67.5. The molecule has 111 heavy (non-hydrogen) atoms. The fraction of sp³-hybridized carbons (Fsp3) is 0.797. The number of nitrogens with zero attached hydrogens (tertiary/aromatic N) is 9. The molecule has 3 heterocycles. The number of carbonyl (C=O) groups is 12. The Balaban J connectivity index is 1.35. The maximum Gasteiger partial charge on any atom is 0.394 e. The maximum absolute atomic E-state index is 15.8. The first-order valence-electron chi connectivity index (χ1n) is 39.8. The molecule has 26 nitrogen and oxygen atoms in total. The molecule has 2 bridgehead atoms. The SMILES string of the molecule is C#CCN1CC(=O)N(C)[C@H]2C/C=C\CCN(C2=O)[C@@H](CC2CCC(C(F)(F)F)CC2)C(=O)N(C)CC(=O)N[C@@H](CCC2CCC(C(F)(F)F)C(OC)C2)C(=O)N2C[C@H](OCC)C[C@H]2C(=O)NC2(CC(C)(C)C2)C(=O)N(C)[C@@H](C2CCCC2)C(=O)N(C)[C@H](C(=O)N(C)C)CC(=O)N(C)[C@@H](CCC)C(=O)N[C@@H]([C@@H](C)CC)C1=O. The van der Waals surface area contributed by atoms with E-state index in [-0.39, 0.29) is 122 Å². The molecule has 0 aromatic heterocycles. The van der Waals surface area contributed by atoms with E-state index in [0.717, 1.165) is 24.5 Å². The summed E-state index contributed by atoms with van der Waals surface area (Å²) >= 11 is 0. The number of hydrogen-bond acceptors (Lipinski definition) is 14. The number of halogens is 6. The quantitative estimate of drug-likeness (QED) is 0.0900. The largest absolute Gasteiger partial charge is 0.394 e. The Morgan fingerprint density at radius 2 is 1.34 bits per heavy atom. The van der Waals surface area contributed by atoms with Crippen LogP contribution in [-0.2, 0) is 67.0 Å². The van der Waals surface area contributed by atoms with E-state index in [9.17, 15) is 50.3 Å². The Labute approximate surface area is 650 Å². The van der Waals surface area contributed by atoms with Crippen LogP contribution in [0.3, 0.4) is 0 Å². The third kappa shape index (κ3) is 22.3. The van der Waals surface area contributed by atoms with Gasteiger partial charge in [-0.1, -0.05) is 78.4 Å². The van der Waals surface area contributed by atoms with Gasteiger partial charge in [-0.2, -0.15) is 26.3 Å². The summed E-state index contributed by atoms with van der Waals surface area (Å²) in [4.78, 5) is 194. The molecular formula is C79H122F6N12O14. The molecule has 3 unspecified atom stereocenters. The molecule has 6 fully saturated rings. The zero-order valence-corrected chi connectivity index (χ0v) is 67.5. The fourth-order valence-electron chi connectivity index (χ4n) is 18.2. The second-order valence-corrected chi connectivity index (χ2v) is 33.3. The highest BCUT2D eigenvalue weighted by atomic mass is 19.4. The van der Waals surface area contributed by atoms with Gasteiger partial charge >= 0.3 is 12.4 Å². The number of fused-ring (bicyclic) bond motifs is 3. The Kier molecular flexibility index (Phi) is 31.8. The minimum atomic E-state index is -4.57. The van der Waals surface area contributed by atoms with E-state index in [1.165, 1.54) is 76.0 Å². The molecule has 0 aromatic carbocycles. The topological polar surface area (TPSA) is 289 Å². The minimum Gasteiger partial charge on any atom is -0.381 e. The number of terminal acetylenes is 1. The van der Waals surface area contributed by atoms with Crippen LogP contribution in [0.1, 0.15) is 189 Å². The maximum atomic E-state index is 15.8. The lowest BCUT2D eigenvalue weighted by Gasteiger charge is -2.54. The van der Waals surface area contributed by atoms with E-state index in [1.807, 2.05) is 13.8 Å². The minimum absolute atomic E-state index is 0.0191. The number of methoxy groups -OCH3 is 1. The number of alkyl halides is 6. The first-order chi connectivity index (χ1) is 52.1. The molecule has 3 aliphatic heterocycles. The molecule has 0 radical (unpaired) electrons. The highest BCUT2D eigenvalue weighted by Gasteiger charge is 2.60. The van der Waals surface area contributed by atoms with Gasteiger partial charge < -0.3 is 69.5 Å². The van der Waals surface area contributed by atoms with E-state index in [0.29, 0.717) is 38.5 Å². The summed E-state index contributed by atoms with van der Waals surface area (Å²) in [7, 11) is 10.9. The number of ether oxygens (including phenoxy) is 2. The van der Waals surface area contributed by atoms with Crippen LogP contribution < -0.4 is 16.0 Å². The lowest BCUT2D eigenvalue weighted by atomic mass is 9.58. The molecule has 4 saturated carbocycles. The van der Waals surface area contributed by atoms with Crippen molar-refractivity contribution < 1.29 is 93.4 Å². The predicted molar refractivity (Wildman–Crippen MR) is 399 cm³/mol. The van der Waals surface area contributed by atoms with E-state index >= 15 is 33.6 Å². The molecule has 0 aromatic rings. The number of nitrogens with one attached hydrogen (secondary N) is 3. The van der Waals surface area contributed by atoms with Crippen molar-refractivity contribution in [3.8, 4) is 12.3 Å². The third-order valence-corrected chi connectivity index (χ3v) is 24.6. The molecule has 7 rings (SSSR count). The number of carbonyl (C=O) groups excluding carboxylic acids is 12. The molecule has 7 aliphatic rings. The number of hydrogen-bond donors (Lipinski definition) is 3. The van der Waals surface area contributed by atoms with E-state index < -0.39 is 216 Å². The van der Waals surface area contributed by atoms with Gasteiger partial charge in [0.15, 0.2) is 0 Å². The molecule has 3 N–H and O–H groups in total. The van der Waals surface area contributed by atoms with Gasteiger partial charge in [0, 0.05) is 82.6 Å². The van der Waals surface area contributed by atoms with Crippen molar-refractivity contribution >= 4 is 70.9 Å². The summed E-state index contributed by atoms with van der Waals surface area (Å²) in [5.41, 5.74) is -2.28. The second kappa shape index (κ2) is 39.0. The van der Waals surface area contributed by atoms with Gasteiger partial charge in [-0.25, -0.2) is 0 Å². The number of amides is 12. The summed E-state index contributed by atoms with van der Waals surface area (Å²) in [5.74, 6) is -12.2. The van der Waals surface area contributed by atoms with Crippen molar-refractivity contribution in [2.45, 2.75) is 268 Å². The lowest BCUT2D eigenvalue weighted by molar-refractivity contribution is -0.215. The van der Waals surface area contributed by atoms with Crippen LogP contribution in [0.25, 0.3) is 0 Å². The average molecular weight is 1580 g/mol. The van der Waals surface area contributed by atoms with Crippen LogP contribution in [-0.4, -0.2) is 289 Å². The molecule has 1 spiro atoms. The van der Waals surface area contributed by atoms with E-state index in [4.69, 9.17) is 15.9 Å². The van der Waals surface area contributed by atoms with Crippen LogP contribution >= 0.6 is 0 Å². The lowest BCUT2D eigenvalue weighted by Crippen LogP contribution is -2.71. The van der Waals surface area contributed by atoms with Gasteiger partial charge in [0.25, 0.3) is 0 Å². The van der Waals surface area contributed by atoms with Crippen molar-refractivity contribution in [2.75, 3.05) is 95.8 Å². The Hall–Kier alpha value is -7.56. The normalized spacial score (nSPS) is 31.1. The smallest absolute Gasteiger partial charge is 0.381 e. The van der Waals surface area contributed by atoms with Crippen molar-refractivity contribution in [1.82, 2.24) is 60.0 Å². The monoisotopic (exact) mass is 1580 g/mol. The van der Waals surface area contributed by atoms with Gasteiger partial charge in [-0.3, -0.25) is 57.5 Å².